The molecule has 0 amide bonds. The Kier molecular flexibility index (Phi) is 5.32. The van der Waals surface area contributed by atoms with Gasteiger partial charge in [-0.1, -0.05) is 0 Å². The maximum absolute atomic E-state index is 8.92. The molecule has 0 bridgehead atoms. The third-order valence-corrected chi connectivity index (χ3v) is 4.25. The number of nitrogens with zero attached hydrogens (tertiary/aromatic N) is 3. The number of morpholine rings is 1. The van der Waals surface area contributed by atoms with E-state index in [1.165, 1.54) is 0 Å². The second-order valence-corrected chi connectivity index (χ2v) is 6.13. The Labute approximate surface area is 139 Å². The summed E-state index contributed by atoms with van der Waals surface area (Å²) in [6.45, 7) is 3.16. The summed E-state index contributed by atoms with van der Waals surface area (Å²) in [6, 6.07) is 9.47. The highest BCUT2D eigenvalue weighted by Gasteiger charge is 2.15. The number of hydrogen-bond donors (Lipinski definition) is 2. The van der Waals surface area contributed by atoms with Crippen LogP contribution < -0.4 is 10.4 Å². The second kappa shape index (κ2) is 7.63. The van der Waals surface area contributed by atoms with E-state index in [9.17, 15) is 0 Å². The van der Waals surface area contributed by atoms with Gasteiger partial charge in [0.25, 0.3) is 0 Å². The molecule has 1 saturated heterocycles. The van der Waals surface area contributed by atoms with E-state index < -0.39 is 0 Å². The molecular formula is C16H20N4O2S. The summed E-state index contributed by atoms with van der Waals surface area (Å²) < 4.78 is 5.42. The van der Waals surface area contributed by atoms with Gasteiger partial charge in [-0.3, -0.25) is 10.7 Å². The first-order chi connectivity index (χ1) is 11.3. The van der Waals surface area contributed by atoms with E-state index in [1.54, 1.807) is 23.9 Å². The van der Waals surface area contributed by atoms with Gasteiger partial charge in [0.15, 0.2) is 5.82 Å². The van der Waals surface area contributed by atoms with Crippen molar-refractivity contribution in [3.63, 3.8) is 0 Å². The monoisotopic (exact) mass is 332 g/mol. The molecule has 7 heteroatoms. The number of thioether (sulfide) groups is 1. The quantitative estimate of drug-likeness (QED) is 0.816. The molecule has 0 radical (unpaired) electrons. The third kappa shape index (κ3) is 3.93. The van der Waals surface area contributed by atoms with E-state index in [0.717, 1.165) is 49.1 Å². The molecule has 2 aromatic rings. The third-order valence-electron chi connectivity index (χ3n) is 3.67. The van der Waals surface area contributed by atoms with E-state index >= 15 is 0 Å². The zero-order valence-corrected chi connectivity index (χ0v) is 13.8. The summed E-state index contributed by atoms with van der Waals surface area (Å²) in [6.07, 6.45) is 2.07. The molecule has 0 unspecified atom stereocenters. The number of aromatic nitrogens is 2. The van der Waals surface area contributed by atoms with Crippen LogP contribution in [0.5, 0.6) is 0 Å². The highest BCUT2D eigenvalue weighted by molar-refractivity contribution is 7.97. The molecule has 2 N–H and O–H groups in total. The van der Waals surface area contributed by atoms with Gasteiger partial charge in [-0.15, -0.1) is 0 Å². The fraction of sp³-hybridized carbons (Fsp3) is 0.375. The molecule has 3 rings (SSSR count). The molecule has 1 aliphatic rings. The number of nitrogens with one attached hydrogen (secondary N) is 1. The lowest BCUT2D eigenvalue weighted by Crippen LogP contribution is -2.37. The van der Waals surface area contributed by atoms with Crippen molar-refractivity contribution < 1.29 is 9.94 Å². The van der Waals surface area contributed by atoms with E-state index in [0.29, 0.717) is 11.5 Å². The lowest BCUT2D eigenvalue weighted by molar-refractivity contribution is 0.122. The molecule has 6 nitrogen and oxygen atoms in total. The van der Waals surface area contributed by atoms with Crippen molar-refractivity contribution in [1.82, 2.24) is 9.97 Å². The summed E-state index contributed by atoms with van der Waals surface area (Å²) in [5.41, 5.74) is 4.73. The number of benzene rings is 1. The molecule has 0 atom stereocenters. The molecule has 0 aliphatic carbocycles. The lowest BCUT2D eigenvalue weighted by Gasteiger charge is -2.28. The van der Waals surface area contributed by atoms with Crippen molar-refractivity contribution in [2.24, 2.45) is 0 Å². The summed E-state index contributed by atoms with van der Waals surface area (Å²) >= 11 is 1.74. The maximum Gasteiger partial charge on any atom is 0.161 e. The van der Waals surface area contributed by atoms with Crippen molar-refractivity contribution in [3.8, 4) is 11.4 Å². The Balaban J connectivity index is 1.95. The van der Waals surface area contributed by atoms with Gasteiger partial charge in [0.05, 0.1) is 24.6 Å². The number of rotatable bonds is 5. The minimum absolute atomic E-state index is 0.641. The van der Waals surface area contributed by atoms with Crippen LogP contribution in [0.4, 0.5) is 11.5 Å². The van der Waals surface area contributed by atoms with Crippen LogP contribution in [-0.2, 0) is 10.5 Å². The summed E-state index contributed by atoms with van der Waals surface area (Å²) in [5.74, 6) is 2.51. The van der Waals surface area contributed by atoms with Crippen LogP contribution in [0.25, 0.3) is 11.4 Å². The molecule has 1 fully saturated rings. The Morgan fingerprint density at radius 2 is 1.96 bits per heavy atom. The van der Waals surface area contributed by atoms with Gasteiger partial charge in [0.2, 0.25) is 0 Å². The van der Waals surface area contributed by atoms with E-state index in [4.69, 9.17) is 14.9 Å². The largest absolute Gasteiger partial charge is 0.378 e. The zero-order chi connectivity index (χ0) is 16.1. The van der Waals surface area contributed by atoms with Crippen molar-refractivity contribution in [3.05, 3.63) is 36.0 Å². The molecule has 122 valence electrons. The first kappa shape index (κ1) is 16.0. The van der Waals surface area contributed by atoms with Gasteiger partial charge in [-0.2, -0.15) is 11.8 Å². The Bertz CT molecular complexity index is 645. The van der Waals surface area contributed by atoms with Crippen molar-refractivity contribution in [2.75, 3.05) is 42.9 Å². The predicted octanol–water partition coefficient (Wildman–Crippen LogP) is 2.64. The van der Waals surface area contributed by atoms with Crippen LogP contribution in [-0.4, -0.2) is 47.7 Å². The fourth-order valence-electron chi connectivity index (χ4n) is 2.48. The van der Waals surface area contributed by atoms with Crippen molar-refractivity contribution in [1.29, 1.82) is 0 Å². The average molecular weight is 332 g/mol. The lowest BCUT2D eigenvalue weighted by atomic mass is 10.2. The Morgan fingerprint density at radius 3 is 2.61 bits per heavy atom. The fourth-order valence-corrected chi connectivity index (χ4v) is 2.93. The van der Waals surface area contributed by atoms with E-state index in [-0.39, 0.29) is 0 Å². The van der Waals surface area contributed by atoms with Crippen molar-refractivity contribution >= 4 is 23.3 Å². The van der Waals surface area contributed by atoms with Crippen LogP contribution >= 0.6 is 11.8 Å². The maximum atomic E-state index is 8.92. The smallest absolute Gasteiger partial charge is 0.161 e. The molecule has 0 saturated carbocycles. The summed E-state index contributed by atoms with van der Waals surface area (Å²) in [5, 5.41) is 8.92. The zero-order valence-electron chi connectivity index (χ0n) is 13.0. The van der Waals surface area contributed by atoms with Crippen LogP contribution in [0.15, 0.2) is 30.3 Å². The van der Waals surface area contributed by atoms with Gasteiger partial charge in [-0.05, 0) is 30.5 Å². The van der Waals surface area contributed by atoms with E-state index in [2.05, 4.69) is 27.7 Å². The van der Waals surface area contributed by atoms with Gasteiger partial charge in [-0.25, -0.2) is 9.97 Å². The summed E-state index contributed by atoms with van der Waals surface area (Å²) in [4.78, 5) is 11.6. The minimum atomic E-state index is 0.641. The average Bonchev–Trinajstić information content (AvgIpc) is 2.62. The van der Waals surface area contributed by atoms with Crippen LogP contribution in [0.3, 0.4) is 0 Å². The Hall–Kier alpha value is -1.83. The SMILES string of the molecule is CSCc1cc(N2CCOCC2)nc(-c2ccc(NO)cc2)n1. The van der Waals surface area contributed by atoms with Gasteiger partial charge < -0.3 is 9.64 Å². The van der Waals surface area contributed by atoms with E-state index in [1.807, 2.05) is 12.1 Å². The minimum Gasteiger partial charge on any atom is -0.378 e. The topological polar surface area (TPSA) is 70.5 Å². The highest BCUT2D eigenvalue weighted by atomic mass is 32.2. The first-order valence-corrected chi connectivity index (χ1v) is 8.89. The van der Waals surface area contributed by atoms with Crippen molar-refractivity contribution in [2.45, 2.75) is 5.75 Å². The predicted molar refractivity (Wildman–Crippen MR) is 93.1 cm³/mol. The Morgan fingerprint density at radius 1 is 1.22 bits per heavy atom. The van der Waals surface area contributed by atoms with Gasteiger partial charge in [0, 0.05) is 30.5 Å². The van der Waals surface area contributed by atoms with Crippen LogP contribution in [0.2, 0.25) is 0 Å². The molecular weight excluding hydrogens is 312 g/mol. The molecule has 1 aliphatic heterocycles. The number of hydrogen-bond acceptors (Lipinski definition) is 7. The summed E-state index contributed by atoms with van der Waals surface area (Å²) in [7, 11) is 0. The molecule has 1 aromatic carbocycles. The molecule has 2 heterocycles. The molecule has 1 aromatic heterocycles. The standard InChI is InChI=1S/C16H20N4O2S/c1-23-11-14-10-15(20-6-8-22-9-7-20)18-16(17-14)12-2-4-13(19-21)5-3-12/h2-5,10,19,21H,6-9,11H2,1H3. The van der Waals surface area contributed by atoms with Gasteiger partial charge >= 0.3 is 0 Å². The second-order valence-electron chi connectivity index (χ2n) is 5.26. The molecule has 0 spiro atoms. The highest BCUT2D eigenvalue weighted by Crippen LogP contribution is 2.23. The molecule has 23 heavy (non-hydrogen) atoms. The first-order valence-electron chi connectivity index (χ1n) is 7.50. The van der Waals surface area contributed by atoms with Gasteiger partial charge in [0.1, 0.15) is 5.82 Å². The van der Waals surface area contributed by atoms with Crippen LogP contribution in [0.1, 0.15) is 5.69 Å². The van der Waals surface area contributed by atoms with Crippen LogP contribution in [0, 0.1) is 0 Å². The normalized spacial score (nSPS) is 14.8. The number of anilines is 2. The number of ether oxygens (including phenoxy) is 1.